The highest BCUT2D eigenvalue weighted by Crippen LogP contribution is 2.24. The van der Waals surface area contributed by atoms with Gasteiger partial charge in [-0.2, -0.15) is 0 Å². The summed E-state index contributed by atoms with van der Waals surface area (Å²) >= 11 is 1.30. The number of nitrogen functional groups attached to an aromatic ring is 1. The van der Waals surface area contributed by atoms with Crippen LogP contribution in [0.1, 0.15) is 24.3 Å². The molecular weight excluding hydrogens is 366 g/mol. The number of thiazole rings is 1. The molecule has 0 fully saturated rings. The molecule has 1 aromatic heterocycles. The first kappa shape index (κ1) is 19.9. The quantitative estimate of drug-likeness (QED) is 0.441. The van der Waals surface area contributed by atoms with Crippen LogP contribution in [-0.4, -0.2) is 22.7 Å². The van der Waals surface area contributed by atoms with Crippen molar-refractivity contribution in [3.8, 4) is 10.6 Å². The first-order chi connectivity index (χ1) is 12.8. The van der Waals surface area contributed by atoms with Gasteiger partial charge in [-0.25, -0.2) is 4.98 Å². The van der Waals surface area contributed by atoms with E-state index >= 15 is 0 Å². The number of primary amides is 1. The topological polar surface area (TPSA) is 140 Å². The van der Waals surface area contributed by atoms with Crippen LogP contribution in [0.15, 0.2) is 53.2 Å². The summed E-state index contributed by atoms with van der Waals surface area (Å²) in [5, 5.41) is 7.07. The minimum Gasteiger partial charge on any atom is -0.399 e. The standard InChI is InChI=1S/C18H19N5O3S/c1-3-12(15(20)24)21-16(25)13(4-2)22-17(26)14-9-27-18(23-14)10-5-7-11(19)8-6-10/h3-9H,19H2,1-2H3,(H2,20,24)(H,21,25)(H,22,26)/b12-3+,13-4?. The smallest absolute Gasteiger partial charge is 0.275 e. The fourth-order valence-corrected chi connectivity index (χ4v) is 2.85. The first-order valence-corrected chi connectivity index (χ1v) is 8.80. The van der Waals surface area contributed by atoms with Crippen molar-refractivity contribution in [1.29, 1.82) is 0 Å². The van der Waals surface area contributed by atoms with E-state index in [1.165, 1.54) is 23.5 Å². The number of carbonyl (C=O) groups excluding carboxylic acids is 3. The molecule has 1 heterocycles. The third-order valence-corrected chi connectivity index (χ3v) is 4.37. The van der Waals surface area contributed by atoms with Gasteiger partial charge in [0.2, 0.25) is 0 Å². The lowest BCUT2D eigenvalue weighted by Gasteiger charge is -2.10. The van der Waals surface area contributed by atoms with Gasteiger partial charge in [-0.05, 0) is 38.1 Å². The summed E-state index contributed by atoms with van der Waals surface area (Å²) in [6, 6.07) is 7.11. The molecule has 0 saturated carbocycles. The zero-order chi connectivity index (χ0) is 20.0. The number of amides is 3. The van der Waals surface area contributed by atoms with Crippen LogP contribution in [0.5, 0.6) is 0 Å². The molecule has 9 heteroatoms. The highest BCUT2D eigenvalue weighted by atomic mass is 32.1. The lowest BCUT2D eigenvalue weighted by molar-refractivity contribution is -0.120. The summed E-state index contributed by atoms with van der Waals surface area (Å²) in [4.78, 5) is 40.1. The lowest BCUT2D eigenvalue weighted by atomic mass is 10.2. The molecule has 0 bridgehead atoms. The Morgan fingerprint density at radius 1 is 1.04 bits per heavy atom. The van der Waals surface area contributed by atoms with Crippen LogP contribution in [-0.2, 0) is 9.59 Å². The third-order valence-electron chi connectivity index (χ3n) is 3.48. The molecular formula is C18H19N5O3S. The Balaban J connectivity index is 2.10. The fourth-order valence-electron chi connectivity index (χ4n) is 2.05. The minimum absolute atomic E-state index is 0.0253. The van der Waals surface area contributed by atoms with Crippen LogP contribution in [0.4, 0.5) is 5.69 Å². The molecule has 8 nitrogen and oxygen atoms in total. The van der Waals surface area contributed by atoms with Gasteiger partial charge in [0.1, 0.15) is 22.1 Å². The SMILES string of the molecule is CC=C(NC(=O)c1csc(-c2ccc(N)cc2)n1)C(=O)N/C(=C/C)C(N)=O. The van der Waals surface area contributed by atoms with Crippen molar-refractivity contribution >= 4 is 34.7 Å². The van der Waals surface area contributed by atoms with Crippen molar-refractivity contribution in [2.24, 2.45) is 5.73 Å². The van der Waals surface area contributed by atoms with Gasteiger partial charge >= 0.3 is 0 Å². The van der Waals surface area contributed by atoms with Crippen LogP contribution in [0, 0.1) is 0 Å². The van der Waals surface area contributed by atoms with Crippen molar-refractivity contribution in [3.05, 3.63) is 58.9 Å². The molecule has 27 heavy (non-hydrogen) atoms. The van der Waals surface area contributed by atoms with Crippen LogP contribution < -0.4 is 22.1 Å². The maximum absolute atomic E-state index is 12.4. The van der Waals surface area contributed by atoms with E-state index in [2.05, 4.69) is 15.6 Å². The van der Waals surface area contributed by atoms with Gasteiger partial charge in [-0.15, -0.1) is 11.3 Å². The van der Waals surface area contributed by atoms with E-state index in [1.54, 1.807) is 31.4 Å². The number of hydrogen-bond donors (Lipinski definition) is 4. The second kappa shape index (κ2) is 8.77. The summed E-state index contributed by atoms with van der Waals surface area (Å²) in [7, 11) is 0. The van der Waals surface area contributed by atoms with E-state index in [4.69, 9.17) is 11.5 Å². The Bertz CT molecular complexity index is 929. The normalized spacial score (nSPS) is 11.8. The van der Waals surface area contributed by atoms with E-state index in [0.29, 0.717) is 10.7 Å². The number of hydrogen-bond acceptors (Lipinski definition) is 6. The van der Waals surface area contributed by atoms with Gasteiger partial charge < -0.3 is 22.1 Å². The second-order valence-corrected chi connectivity index (χ2v) is 6.20. The van der Waals surface area contributed by atoms with E-state index in [0.717, 1.165) is 5.56 Å². The monoisotopic (exact) mass is 385 g/mol. The molecule has 0 radical (unpaired) electrons. The Kier molecular flexibility index (Phi) is 6.45. The second-order valence-electron chi connectivity index (χ2n) is 5.34. The maximum atomic E-state index is 12.4. The number of anilines is 1. The molecule has 1 aromatic carbocycles. The van der Waals surface area contributed by atoms with Crippen molar-refractivity contribution in [1.82, 2.24) is 15.6 Å². The largest absolute Gasteiger partial charge is 0.399 e. The van der Waals surface area contributed by atoms with Gasteiger partial charge in [0, 0.05) is 16.6 Å². The lowest BCUT2D eigenvalue weighted by Crippen LogP contribution is -2.37. The van der Waals surface area contributed by atoms with Crippen molar-refractivity contribution in [2.75, 3.05) is 5.73 Å². The molecule has 2 rings (SSSR count). The maximum Gasteiger partial charge on any atom is 0.275 e. The van der Waals surface area contributed by atoms with Crippen molar-refractivity contribution < 1.29 is 14.4 Å². The van der Waals surface area contributed by atoms with Crippen LogP contribution in [0.3, 0.4) is 0 Å². The van der Waals surface area contributed by atoms with Gasteiger partial charge in [0.25, 0.3) is 17.7 Å². The average Bonchev–Trinajstić information content (AvgIpc) is 3.14. The predicted octanol–water partition coefficient (Wildman–Crippen LogP) is 1.53. The third kappa shape index (κ3) is 5.02. The highest BCUT2D eigenvalue weighted by Gasteiger charge is 2.18. The zero-order valence-electron chi connectivity index (χ0n) is 14.8. The van der Waals surface area contributed by atoms with Gasteiger partial charge in [0.15, 0.2) is 0 Å². The molecule has 140 valence electrons. The van der Waals surface area contributed by atoms with Crippen LogP contribution in [0.2, 0.25) is 0 Å². The summed E-state index contributed by atoms with van der Waals surface area (Å²) in [5.41, 5.74) is 12.4. The number of nitrogens with one attached hydrogen (secondary N) is 2. The fraction of sp³-hybridized carbons (Fsp3) is 0.111. The van der Waals surface area contributed by atoms with Crippen molar-refractivity contribution in [2.45, 2.75) is 13.8 Å². The Morgan fingerprint density at radius 3 is 2.22 bits per heavy atom. The van der Waals surface area contributed by atoms with Gasteiger partial charge in [-0.1, -0.05) is 12.2 Å². The number of rotatable bonds is 6. The number of aromatic nitrogens is 1. The summed E-state index contributed by atoms with van der Waals surface area (Å²) in [5.74, 6) is -1.98. The summed E-state index contributed by atoms with van der Waals surface area (Å²) < 4.78 is 0. The minimum atomic E-state index is -0.778. The van der Waals surface area contributed by atoms with E-state index in [9.17, 15) is 14.4 Å². The molecule has 0 aliphatic heterocycles. The summed E-state index contributed by atoms with van der Waals surface area (Å²) in [6.45, 7) is 3.14. The molecule has 0 spiro atoms. The number of nitrogens with zero attached hydrogens (tertiary/aromatic N) is 1. The number of nitrogens with two attached hydrogens (primary N) is 2. The molecule has 0 aliphatic rings. The summed E-state index contributed by atoms with van der Waals surface area (Å²) in [6.07, 6.45) is 2.78. The molecule has 2 aromatic rings. The molecule has 0 atom stereocenters. The average molecular weight is 385 g/mol. The van der Waals surface area contributed by atoms with Crippen LogP contribution >= 0.6 is 11.3 Å². The number of allylic oxidation sites excluding steroid dienone is 2. The van der Waals surface area contributed by atoms with Crippen LogP contribution in [0.25, 0.3) is 10.6 Å². The predicted molar refractivity (Wildman–Crippen MR) is 104 cm³/mol. The Hall–Kier alpha value is -3.46. The molecule has 3 amide bonds. The van der Waals surface area contributed by atoms with Gasteiger partial charge in [0.05, 0.1) is 0 Å². The zero-order valence-corrected chi connectivity index (χ0v) is 15.6. The first-order valence-electron chi connectivity index (χ1n) is 7.92. The molecule has 0 aliphatic carbocycles. The van der Waals surface area contributed by atoms with E-state index < -0.39 is 17.7 Å². The number of benzene rings is 1. The highest BCUT2D eigenvalue weighted by molar-refractivity contribution is 7.13. The van der Waals surface area contributed by atoms with E-state index in [1.807, 2.05) is 12.1 Å². The molecule has 0 saturated heterocycles. The Morgan fingerprint density at radius 2 is 1.67 bits per heavy atom. The van der Waals surface area contributed by atoms with Gasteiger partial charge in [-0.3, -0.25) is 14.4 Å². The Labute approximate surface area is 160 Å². The van der Waals surface area contributed by atoms with Crippen molar-refractivity contribution in [3.63, 3.8) is 0 Å². The molecule has 6 N–H and O–H groups in total. The molecule has 0 unspecified atom stereocenters. The van der Waals surface area contributed by atoms with E-state index in [-0.39, 0.29) is 17.1 Å². The number of carbonyl (C=O) groups is 3.